The zero-order valence-electron chi connectivity index (χ0n) is 29.6. The minimum absolute atomic E-state index is 0.141. The number of pyridine rings is 4. The van der Waals surface area contributed by atoms with Crippen LogP contribution in [0.2, 0.25) is 0 Å². The Morgan fingerprint density at radius 1 is 0.660 bits per heavy atom. The second-order valence-electron chi connectivity index (χ2n) is 13.3. The van der Waals surface area contributed by atoms with Crippen LogP contribution in [-0.2, 0) is 32.9 Å². The standard InChI is InChI=1S/C37H40N10O4S2/c1-4-6-28-14-32(46-22-26(18-40-46)34-12-10-30(20-38-34)44-52(3,48)49)16-36(42-28)37-17-33(15-29(43-37)7-5-2)47-23-27(19-41-47)35-13-11-31(21-39-35)45-53(50,51)24-25-8-9-25/h10-23,25,44-45H,4-9,24H2,1-3H3. The van der Waals surface area contributed by atoms with Crippen LogP contribution in [0.3, 0.4) is 0 Å². The van der Waals surface area contributed by atoms with E-state index in [4.69, 9.17) is 9.97 Å². The topological polar surface area (TPSA) is 180 Å². The molecular formula is C37H40N10O4S2. The normalized spacial score (nSPS) is 13.3. The highest BCUT2D eigenvalue weighted by Gasteiger charge is 2.28. The zero-order valence-corrected chi connectivity index (χ0v) is 31.3. The fourth-order valence-corrected chi connectivity index (χ4v) is 7.98. The fourth-order valence-electron chi connectivity index (χ4n) is 5.91. The lowest BCUT2D eigenvalue weighted by Crippen LogP contribution is -2.17. The SMILES string of the molecule is CCCc1cc(-n2cc(-c3ccc(NS(C)(=O)=O)cn3)cn2)cc(-c2cc(-n3cc(-c4ccc(NS(=O)(=O)CC5CC5)cn4)cn3)cc(CCC)n2)n1. The van der Waals surface area contributed by atoms with Crippen LogP contribution in [0.4, 0.5) is 11.4 Å². The van der Waals surface area contributed by atoms with E-state index < -0.39 is 20.0 Å². The molecule has 0 saturated heterocycles. The minimum atomic E-state index is -3.41. The van der Waals surface area contributed by atoms with E-state index in [0.29, 0.717) is 34.2 Å². The lowest BCUT2D eigenvalue weighted by molar-refractivity contribution is 0.597. The third-order valence-electron chi connectivity index (χ3n) is 8.54. The largest absolute Gasteiger partial charge is 0.282 e. The second kappa shape index (κ2) is 14.9. The third kappa shape index (κ3) is 9.13. The van der Waals surface area contributed by atoms with Gasteiger partial charge in [0, 0.05) is 34.9 Å². The van der Waals surface area contributed by atoms with Gasteiger partial charge in [0.25, 0.3) is 0 Å². The Kier molecular flexibility index (Phi) is 10.1. The number of sulfonamides is 2. The quantitative estimate of drug-likeness (QED) is 0.125. The van der Waals surface area contributed by atoms with E-state index >= 15 is 0 Å². The number of hydrogen-bond acceptors (Lipinski definition) is 10. The van der Waals surface area contributed by atoms with Gasteiger partial charge in [-0.3, -0.25) is 29.4 Å². The number of nitrogens with one attached hydrogen (secondary N) is 2. The Bertz CT molecular complexity index is 2460. The van der Waals surface area contributed by atoms with Crippen LogP contribution in [0, 0.1) is 5.92 Å². The molecular weight excluding hydrogens is 713 g/mol. The first-order valence-electron chi connectivity index (χ1n) is 17.5. The lowest BCUT2D eigenvalue weighted by Gasteiger charge is -2.12. The van der Waals surface area contributed by atoms with Gasteiger partial charge in [-0.1, -0.05) is 26.7 Å². The summed E-state index contributed by atoms with van der Waals surface area (Å²) >= 11 is 0. The first-order chi connectivity index (χ1) is 25.4. The van der Waals surface area contributed by atoms with E-state index in [1.54, 1.807) is 46.0 Å². The van der Waals surface area contributed by atoms with Gasteiger partial charge in [0.15, 0.2) is 0 Å². The maximum absolute atomic E-state index is 12.4. The highest BCUT2D eigenvalue weighted by molar-refractivity contribution is 7.92. The fraction of sp³-hybridized carbons (Fsp3) is 0.297. The molecule has 7 rings (SSSR count). The van der Waals surface area contributed by atoms with Gasteiger partial charge in [-0.2, -0.15) is 10.2 Å². The number of anilines is 2. The van der Waals surface area contributed by atoms with E-state index in [0.717, 1.165) is 78.7 Å². The molecule has 16 heteroatoms. The molecule has 0 aromatic carbocycles. The average Bonchev–Trinajstić information content (AvgIpc) is 3.55. The third-order valence-corrected chi connectivity index (χ3v) is 10.6. The van der Waals surface area contributed by atoms with Crippen LogP contribution in [-0.4, -0.2) is 68.3 Å². The minimum Gasteiger partial charge on any atom is -0.282 e. The van der Waals surface area contributed by atoms with E-state index in [9.17, 15) is 16.8 Å². The van der Waals surface area contributed by atoms with E-state index in [-0.39, 0.29) is 11.7 Å². The maximum Gasteiger partial charge on any atom is 0.233 e. The summed E-state index contributed by atoms with van der Waals surface area (Å²) in [5.74, 6) is 0.395. The first kappa shape index (κ1) is 35.9. The van der Waals surface area contributed by atoms with Gasteiger partial charge in [0.2, 0.25) is 20.0 Å². The van der Waals surface area contributed by atoms with Gasteiger partial charge >= 0.3 is 0 Å². The molecule has 0 radical (unpaired) electrons. The monoisotopic (exact) mass is 752 g/mol. The Balaban J connectivity index is 1.17. The van der Waals surface area contributed by atoms with Crippen molar-refractivity contribution in [1.29, 1.82) is 0 Å². The van der Waals surface area contributed by atoms with Gasteiger partial charge in [0.1, 0.15) is 0 Å². The summed E-state index contributed by atoms with van der Waals surface area (Å²) in [5, 5.41) is 9.27. The van der Waals surface area contributed by atoms with Crippen LogP contribution >= 0.6 is 0 Å². The van der Waals surface area contributed by atoms with E-state index in [1.165, 1.54) is 12.4 Å². The molecule has 0 atom stereocenters. The Labute approximate surface area is 308 Å². The summed E-state index contributed by atoms with van der Waals surface area (Å²) in [6, 6.07) is 14.9. The Morgan fingerprint density at radius 2 is 1.15 bits per heavy atom. The summed E-state index contributed by atoms with van der Waals surface area (Å²) in [6.07, 6.45) is 16.6. The Morgan fingerprint density at radius 3 is 1.57 bits per heavy atom. The van der Waals surface area contributed by atoms with Crippen molar-refractivity contribution in [2.75, 3.05) is 21.5 Å². The predicted molar refractivity (Wildman–Crippen MR) is 205 cm³/mol. The van der Waals surface area contributed by atoms with Crippen molar-refractivity contribution >= 4 is 31.4 Å². The van der Waals surface area contributed by atoms with Crippen LogP contribution in [0.1, 0.15) is 50.9 Å². The van der Waals surface area contributed by atoms with E-state index in [2.05, 4.69) is 43.5 Å². The van der Waals surface area contributed by atoms with Gasteiger partial charge in [-0.05, 0) is 80.1 Å². The van der Waals surface area contributed by atoms with Crippen molar-refractivity contribution in [3.63, 3.8) is 0 Å². The smallest absolute Gasteiger partial charge is 0.233 e. The molecule has 2 N–H and O–H groups in total. The molecule has 1 aliphatic rings. The molecule has 0 aliphatic heterocycles. The predicted octanol–water partition coefficient (Wildman–Crippen LogP) is 6.07. The molecule has 6 heterocycles. The van der Waals surface area contributed by atoms with Crippen LogP contribution in [0.5, 0.6) is 0 Å². The van der Waals surface area contributed by atoms with Crippen molar-refractivity contribution in [2.24, 2.45) is 5.92 Å². The molecule has 274 valence electrons. The molecule has 1 saturated carbocycles. The van der Waals surface area contributed by atoms with Crippen molar-refractivity contribution < 1.29 is 16.8 Å². The van der Waals surface area contributed by atoms with Crippen LogP contribution < -0.4 is 9.44 Å². The van der Waals surface area contributed by atoms with Crippen LogP contribution in [0.25, 0.3) is 45.3 Å². The molecule has 1 aliphatic carbocycles. The molecule has 6 aromatic heterocycles. The number of nitrogens with zero attached hydrogens (tertiary/aromatic N) is 8. The summed E-state index contributed by atoms with van der Waals surface area (Å²) in [7, 11) is -6.81. The molecule has 0 amide bonds. The summed E-state index contributed by atoms with van der Waals surface area (Å²) in [4.78, 5) is 18.9. The molecule has 0 unspecified atom stereocenters. The molecule has 6 aromatic rings. The van der Waals surface area contributed by atoms with Crippen molar-refractivity contribution in [2.45, 2.75) is 52.4 Å². The molecule has 14 nitrogen and oxygen atoms in total. The summed E-state index contributed by atoms with van der Waals surface area (Å²) in [5.41, 5.74) is 8.52. The first-order valence-corrected chi connectivity index (χ1v) is 21.0. The van der Waals surface area contributed by atoms with Crippen molar-refractivity contribution in [1.82, 2.24) is 39.5 Å². The van der Waals surface area contributed by atoms with Crippen LogP contribution in [0.15, 0.2) is 85.7 Å². The Hall–Kier alpha value is -5.48. The molecule has 1 fully saturated rings. The van der Waals surface area contributed by atoms with Gasteiger partial charge in [-0.25, -0.2) is 26.2 Å². The highest BCUT2D eigenvalue weighted by Crippen LogP contribution is 2.31. The highest BCUT2D eigenvalue weighted by atomic mass is 32.2. The van der Waals surface area contributed by atoms with E-state index in [1.807, 2.05) is 36.7 Å². The number of aromatic nitrogens is 8. The number of rotatable bonds is 15. The van der Waals surface area contributed by atoms with Gasteiger partial charge in [-0.15, -0.1) is 0 Å². The van der Waals surface area contributed by atoms with Gasteiger partial charge < -0.3 is 0 Å². The van der Waals surface area contributed by atoms with Crippen molar-refractivity contribution in [3.8, 4) is 45.3 Å². The van der Waals surface area contributed by atoms with Gasteiger partial charge in [0.05, 0.1) is 82.3 Å². The zero-order chi connectivity index (χ0) is 37.2. The lowest BCUT2D eigenvalue weighted by atomic mass is 10.1. The molecule has 53 heavy (non-hydrogen) atoms. The summed E-state index contributed by atoms with van der Waals surface area (Å²) in [6.45, 7) is 4.22. The summed E-state index contributed by atoms with van der Waals surface area (Å²) < 4.78 is 56.7. The maximum atomic E-state index is 12.4. The molecule has 0 spiro atoms. The average molecular weight is 753 g/mol. The molecule has 0 bridgehead atoms. The number of hydrogen-bond donors (Lipinski definition) is 2. The van der Waals surface area contributed by atoms with Crippen molar-refractivity contribution in [3.05, 3.63) is 97.1 Å². The second-order valence-corrected chi connectivity index (χ2v) is 16.8. The number of aryl methyl sites for hydroxylation is 2.